The van der Waals surface area contributed by atoms with Crippen molar-refractivity contribution in [1.82, 2.24) is 15.3 Å². The Hall–Kier alpha value is -2.66. The summed E-state index contributed by atoms with van der Waals surface area (Å²) >= 11 is 1.37. The van der Waals surface area contributed by atoms with Crippen LogP contribution in [0.5, 0.6) is 0 Å². The van der Waals surface area contributed by atoms with Crippen molar-refractivity contribution in [2.45, 2.75) is 24.9 Å². The lowest BCUT2D eigenvalue weighted by Crippen LogP contribution is -2.26. The van der Waals surface area contributed by atoms with Gasteiger partial charge < -0.3 is 5.32 Å². The molecule has 27 heavy (non-hydrogen) atoms. The third-order valence-corrected chi connectivity index (χ3v) is 4.89. The molecule has 138 valence electrons. The number of nitrogens with zero attached hydrogens (tertiary/aromatic N) is 2. The van der Waals surface area contributed by atoms with Gasteiger partial charge in [-0.3, -0.25) is 4.79 Å². The molecule has 0 fully saturated rings. The first kappa shape index (κ1) is 19.1. The summed E-state index contributed by atoms with van der Waals surface area (Å²) in [5, 5.41) is 3.60. The molecule has 0 spiro atoms. The molecule has 1 aromatic heterocycles. The fourth-order valence-corrected chi connectivity index (χ4v) is 3.44. The molecule has 2 aromatic carbocycles. The summed E-state index contributed by atoms with van der Waals surface area (Å²) in [6.07, 6.45) is 1.90. The van der Waals surface area contributed by atoms with Gasteiger partial charge in [-0.05, 0) is 31.4 Å². The number of rotatable bonds is 8. The second-order valence-corrected chi connectivity index (χ2v) is 7.21. The van der Waals surface area contributed by atoms with Crippen molar-refractivity contribution in [1.29, 1.82) is 0 Å². The van der Waals surface area contributed by atoms with Crippen LogP contribution in [0, 0.1) is 6.92 Å². The quantitative estimate of drug-likeness (QED) is 0.361. The molecular formula is C22H23N3OS. The van der Waals surface area contributed by atoms with Crippen molar-refractivity contribution in [2.75, 3.05) is 12.3 Å². The molecule has 5 heteroatoms. The number of thioether (sulfide) groups is 1. The molecule has 1 amide bonds. The van der Waals surface area contributed by atoms with Gasteiger partial charge in [-0.1, -0.05) is 72.4 Å². The smallest absolute Gasteiger partial charge is 0.230 e. The second-order valence-electron chi connectivity index (χ2n) is 6.27. The predicted molar refractivity (Wildman–Crippen MR) is 111 cm³/mol. The number of benzene rings is 2. The van der Waals surface area contributed by atoms with E-state index in [9.17, 15) is 4.79 Å². The lowest BCUT2D eigenvalue weighted by atomic mass is 10.1. The molecule has 0 aliphatic heterocycles. The van der Waals surface area contributed by atoms with Crippen molar-refractivity contribution in [3.8, 4) is 11.3 Å². The van der Waals surface area contributed by atoms with E-state index in [2.05, 4.69) is 27.4 Å². The number of carbonyl (C=O) groups is 1. The molecule has 0 aliphatic carbocycles. The molecule has 0 atom stereocenters. The number of amides is 1. The van der Waals surface area contributed by atoms with Gasteiger partial charge in [0, 0.05) is 17.8 Å². The Bertz CT molecular complexity index is 869. The highest BCUT2D eigenvalue weighted by Gasteiger charge is 2.08. The molecule has 0 saturated carbocycles. The van der Waals surface area contributed by atoms with Gasteiger partial charge in [-0.2, -0.15) is 0 Å². The molecular weight excluding hydrogens is 354 g/mol. The first-order valence-corrected chi connectivity index (χ1v) is 10.0. The van der Waals surface area contributed by atoms with Crippen LogP contribution in [-0.2, 0) is 11.2 Å². The van der Waals surface area contributed by atoms with Crippen LogP contribution in [0.2, 0.25) is 0 Å². The van der Waals surface area contributed by atoms with E-state index >= 15 is 0 Å². The topological polar surface area (TPSA) is 54.9 Å². The van der Waals surface area contributed by atoms with Crippen molar-refractivity contribution >= 4 is 17.7 Å². The van der Waals surface area contributed by atoms with Gasteiger partial charge in [-0.25, -0.2) is 9.97 Å². The monoisotopic (exact) mass is 377 g/mol. The van der Waals surface area contributed by atoms with E-state index in [0.717, 1.165) is 29.8 Å². The minimum atomic E-state index is 0.0134. The van der Waals surface area contributed by atoms with Crippen LogP contribution in [-0.4, -0.2) is 28.2 Å². The fourth-order valence-electron chi connectivity index (χ4n) is 2.71. The number of hydrogen-bond acceptors (Lipinski definition) is 4. The highest BCUT2D eigenvalue weighted by atomic mass is 32.2. The van der Waals surface area contributed by atoms with Crippen molar-refractivity contribution in [2.24, 2.45) is 0 Å². The maximum absolute atomic E-state index is 12.1. The second kappa shape index (κ2) is 9.88. The number of aromatic nitrogens is 2. The molecule has 3 rings (SSSR count). The first-order chi connectivity index (χ1) is 13.2. The minimum Gasteiger partial charge on any atom is -0.355 e. The van der Waals surface area contributed by atoms with Gasteiger partial charge in [0.05, 0.1) is 11.4 Å². The Morgan fingerprint density at radius 1 is 1.00 bits per heavy atom. The number of carbonyl (C=O) groups excluding carboxylic acids is 1. The van der Waals surface area contributed by atoms with Crippen molar-refractivity contribution < 1.29 is 4.79 Å². The van der Waals surface area contributed by atoms with Crippen LogP contribution in [0.4, 0.5) is 0 Å². The standard InChI is InChI=1S/C22H23N3OS/c1-17-15-20(19-12-6-3-7-13-19)25-22(24-17)27-16-21(26)23-14-8-11-18-9-4-2-5-10-18/h2-7,9-10,12-13,15H,8,11,14,16H2,1H3,(H,23,26). The van der Waals surface area contributed by atoms with E-state index in [4.69, 9.17) is 0 Å². The number of aryl methyl sites for hydroxylation is 2. The zero-order valence-electron chi connectivity index (χ0n) is 15.4. The summed E-state index contributed by atoms with van der Waals surface area (Å²) < 4.78 is 0. The highest BCUT2D eigenvalue weighted by Crippen LogP contribution is 2.21. The Labute approximate surface area is 164 Å². The Morgan fingerprint density at radius 3 is 2.44 bits per heavy atom. The summed E-state index contributed by atoms with van der Waals surface area (Å²) in [5.74, 6) is 0.336. The Balaban J connectivity index is 1.46. The van der Waals surface area contributed by atoms with Crippen LogP contribution in [0.25, 0.3) is 11.3 Å². The largest absolute Gasteiger partial charge is 0.355 e. The van der Waals surface area contributed by atoms with Gasteiger partial charge in [0.25, 0.3) is 0 Å². The van der Waals surface area contributed by atoms with E-state index in [1.807, 2.05) is 61.5 Å². The molecule has 0 unspecified atom stereocenters. The maximum Gasteiger partial charge on any atom is 0.230 e. The molecule has 0 bridgehead atoms. The highest BCUT2D eigenvalue weighted by molar-refractivity contribution is 7.99. The van der Waals surface area contributed by atoms with E-state index in [1.165, 1.54) is 17.3 Å². The summed E-state index contributed by atoms with van der Waals surface area (Å²) in [6.45, 7) is 2.63. The molecule has 3 aromatic rings. The maximum atomic E-state index is 12.1. The van der Waals surface area contributed by atoms with Crippen molar-refractivity contribution in [3.05, 3.63) is 78.0 Å². The zero-order chi connectivity index (χ0) is 18.9. The Morgan fingerprint density at radius 2 is 1.70 bits per heavy atom. The lowest BCUT2D eigenvalue weighted by Gasteiger charge is -2.07. The molecule has 0 aliphatic rings. The normalized spacial score (nSPS) is 10.6. The Kier molecular flexibility index (Phi) is 6.99. The predicted octanol–water partition coefficient (Wildman–Crippen LogP) is 4.29. The van der Waals surface area contributed by atoms with Gasteiger partial charge in [0.2, 0.25) is 5.91 Å². The minimum absolute atomic E-state index is 0.0134. The van der Waals surface area contributed by atoms with Crippen LogP contribution in [0.15, 0.2) is 71.9 Å². The molecule has 0 saturated heterocycles. The van der Waals surface area contributed by atoms with E-state index < -0.39 is 0 Å². The summed E-state index contributed by atoms with van der Waals surface area (Å²) in [6, 6.07) is 22.3. The molecule has 1 N–H and O–H groups in total. The lowest BCUT2D eigenvalue weighted by molar-refractivity contribution is -0.118. The summed E-state index contributed by atoms with van der Waals surface area (Å²) in [4.78, 5) is 21.1. The van der Waals surface area contributed by atoms with Crippen LogP contribution < -0.4 is 5.32 Å². The van der Waals surface area contributed by atoms with E-state index in [0.29, 0.717) is 17.5 Å². The third kappa shape index (κ3) is 6.22. The third-order valence-electron chi connectivity index (χ3n) is 4.04. The van der Waals surface area contributed by atoms with E-state index in [1.54, 1.807) is 0 Å². The molecule has 0 radical (unpaired) electrons. The average molecular weight is 378 g/mol. The number of nitrogens with one attached hydrogen (secondary N) is 1. The van der Waals surface area contributed by atoms with Gasteiger partial charge in [0.1, 0.15) is 0 Å². The van der Waals surface area contributed by atoms with Crippen LogP contribution >= 0.6 is 11.8 Å². The summed E-state index contributed by atoms with van der Waals surface area (Å²) in [7, 11) is 0. The van der Waals surface area contributed by atoms with Crippen LogP contribution in [0.3, 0.4) is 0 Å². The fraction of sp³-hybridized carbons (Fsp3) is 0.227. The summed E-state index contributed by atoms with van der Waals surface area (Å²) in [5.41, 5.74) is 4.13. The number of hydrogen-bond donors (Lipinski definition) is 1. The van der Waals surface area contributed by atoms with Gasteiger partial charge in [-0.15, -0.1) is 0 Å². The first-order valence-electron chi connectivity index (χ1n) is 9.05. The van der Waals surface area contributed by atoms with Crippen molar-refractivity contribution in [3.63, 3.8) is 0 Å². The molecule has 1 heterocycles. The average Bonchev–Trinajstić information content (AvgIpc) is 2.71. The van der Waals surface area contributed by atoms with Crippen LogP contribution in [0.1, 0.15) is 17.7 Å². The van der Waals surface area contributed by atoms with E-state index in [-0.39, 0.29) is 5.91 Å². The zero-order valence-corrected chi connectivity index (χ0v) is 16.2. The van der Waals surface area contributed by atoms with Gasteiger partial charge in [0.15, 0.2) is 5.16 Å². The molecule has 4 nitrogen and oxygen atoms in total. The SMILES string of the molecule is Cc1cc(-c2ccccc2)nc(SCC(=O)NCCCc2ccccc2)n1. The van der Waals surface area contributed by atoms with Gasteiger partial charge >= 0.3 is 0 Å².